The molecule has 104 valence electrons. The highest BCUT2D eigenvalue weighted by molar-refractivity contribution is 7.89. The molecule has 1 atom stereocenters. The minimum Gasteiger partial charge on any atom is -0.298 e. The number of carbonyl (C=O) groups is 1. The fourth-order valence-corrected chi connectivity index (χ4v) is 4.17. The molecule has 1 aromatic rings. The van der Waals surface area contributed by atoms with Crippen molar-refractivity contribution in [3.05, 3.63) is 35.9 Å². The summed E-state index contributed by atoms with van der Waals surface area (Å²) in [5.74, 6) is 0.119. The molecule has 2 rings (SSSR count). The monoisotopic (exact) mass is 281 g/mol. The maximum Gasteiger partial charge on any atom is 0.215 e. The van der Waals surface area contributed by atoms with Gasteiger partial charge in [0.2, 0.25) is 10.0 Å². The van der Waals surface area contributed by atoms with E-state index in [9.17, 15) is 13.2 Å². The lowest BCUT2D eigenvalue weighted by Gasteiger charge is -2.23. The topological polar surface area (TPSA) is 54.5 Å². The Kier molecular flexibility index (Phi) is 4.37. The third-order valence-corrected chi connectivity index (χ3v) is 5.30. The van der Waals surface area contributed by atoms with Gasteiger partial charge in [-0.3, -0.25) is 4.79 Å². The summed E-state index contributed by atoms with van der Waals surface area (Å²) in [4.78, 5) is 11.7. The molecule has 1 aromatic carbocycles. The Bertz CT molecular complexity index is 539. The minimum atomic E-state index is -3.34. The van der Waals surface area contributed by atoms with Crippen molar-refractivity contribution in [3.8, 4) is 0 Å². The van der Waals surface area contributed by atoms with Crippen molar-refractivity contribution < 1.29 is 13.2 Å². The molecule has 0 aliphatic carbocycles. The number of hydrogen-bond acceptors (Lipinski definition) is 3. The van der Waals surface area contributed by atoms with Crippen molar-refractivity contribution in [1.82, 2.24) is 4.31 Å². The van der Waals surface area contributed by atoms with E-state index < -0.39 is 10.0 Å². The lowest BCUT2D eigenvalue weighted by molar-refractivity contribution is -0.116. The molecule has 19 heavy (non-hydrogen) atoms. The average molecular weight is 281 g/mol. The van der Waals surface area contributed by atoms with Crippen LogP contribution in [0.5, 0.6) is 0 Å². The van der Waals surface area contributed by atoms with E-state index in [1.165, 1.54) is 4.31 Å². The highest BCUT2D eigenvalue weighted by atomic mass is 32.2. The summed E-state index contributed by atoms with van der Waals surface area (Å²) >= 11 is 0. The largest absolute Gasteiger partial charge is 0.298 e. The Morgan fingerprint density at radius 1 is 1.26 bits per heavy atom. The first-order chi connectivity index (χ1) is 9.04. The number of unbranched alkanes of at least 4 members (excludes halogenated alkanes) is 1. The highest BCUT2D eigenvalue weighted by Gasteiger charge is 2.38. The van der Waals surface area contributed by atoms with E-state index in [-0.39, 0.29) is 30.5 Å². The zero-order valence-corrected chi connectivity index (χ0v) is 11.9. The smallest absolute Gasteiger partial charge is 0.215 e. The molecule has 0 aromatic heterocycles. The lowest BCUT2D eigenvalue weighted by atomic mass is 10.1. The van der Waals surface area contributed by atoms with Crippen molar-refractivity contribution in [2.75, 3.05) is 12.3 Å². The molecule has 0 bridgehead atoms. The Labute approximate surface area is 114 Å². The van der Waals surface area contributed by atoms with Gasteiger partial charge in [-0.2, -0.15) is 4.31 Å². The van der Waals surface area contributed by atoms with Gasteiger partial charge in [0.1, 0.15) is 5.78 Å². The molecule has 1 saturated heterocycles. The van der Waals surface area contributed by atoms with Gasteiger partial charge >= 0.3 is 0 Å². The van der Waals surface area contributed by atoms with E-state index >= 15 is 0 Å². The fraction of sp³-hybridized carbons (Fsp3) is 0.500. The SMILES string of the molecule is CCCCS(=O)(=O)N1CC(=O)CC1c1ccccc1. The second-order valence-corrected chi connectivity index (χ2v) is 6.93. The number of rotatable bonds is 5. The van der Waals surface area contributed by atoms with Gasteiger partial charge in [-0.15, -0.1) is 0 Å². The van der Waals surface area contributed by atoms with E-state index in [0.29, 0.717) is 6.42 Å². The number of benzene rings is 1. The summed E-state index contributed by atoms with van der Waals surface area (Å²) in [6.45, 7) is 1.98. The second kappa shape index (κ2) is 5.84. The second-order valence-electron chi connectivity index (χ2n) is 4.88. The number of sulfonamides is 1. The molecule has 1 aliphatic rings. The van der Waals surface area contributed by atoms with E-state index in [0.717, 1.165) is 12.0 Å². The van der Waals surface area contributed by atoms with Crippen LogP contribution in [0.15, 0.2) is 30.3 Å². The van der Waals surface area contributed by atoms with Gasteiger partial charge in [0.15, 0.2) is 0 Å². The van der Waals surface area contributed by atoms with Crippen molar-refractivity contribution in [1.29, 1.82) is 0 Å². The van der Waals surface area contributed by atoms with Gasteiger partial charge in [0.05, 0.1) is 18.3 Å². The average Bonchev–Trinajstić information content (AvgIpc) is 2.80. The first-order valence-corrected chi connectivity index (χ1v) is 8.21. The third-order valence-electron chi connectivity index (χ3n) is 3.40. The van der Waals surface area contributed by atoms with Crippen LogP contribution in [0.4, 0.5) is 0 Å². The van der Waals surface area contributed by atoms with Crippen molar-refractivity contribution >= 4 is 15.8 Å². The van der Waals surface area contributed by atoms with Crippen LogP contribution in [-0.4, -0.2) is 30.8 Å². The maximum absolute atomic E-state index is 12.3. The van der Waals surface area contributed by atoms with Crippen LogP contribution in [0.3, 0.4) is 0 Å². The highest BCUT2D eigenvalue weighted by Crippen LogP contribution is 2.32. The van der Waals surface area contributed by atoms with Gasteiger partial charge in [-0.1, -0.05) is 43.7 Å². The molecule has 0 amide bonds. The van der Waals surface area contributed by atoms with Gasteiger partial charge < -0.3 is 0 Å². The molecule has 4 nitrogen and oxygen atoms in total. The Balaban J connectivity index is 2.26. The fourth-order valence-electron chi connectivity index (χ4n) is 2.36. The summed E-state index contributed by atoms with van der Waals surface area (Å²) in [6.07, 6.45) is 1.75. The number of hydrogen-bond donors (Lipinski definition) is 0. The van der Waals surface area contributed by atoms with Gasteiger partial charge in [0.25, 0.3) is 0 Å². The zero-order chi connectivity index (χ0) is 13.9. The number of nitrogens with zero attached hydrogens (tertiary/aromatic N) is 1. The van der Waals surface area contributed by atoms with Crippen LogP contribution in [0.1, 0.15) is 37.8 Å². The predicted molar refractivity (Wildman–Crippen MR) is 74.2 cm³/mol. The minimum absolute atomic E-state index is 0.00562. The standard InChI is InChI=1S/C14H19NO3S/c1-2-3-9-19(17,18)15-11-13(16)10-14(15)12-7-5-4-6-8-12/h4-8,14H,2-3,9-11H2,1H3. The van der Waals surface area contributed by atoms with Crippen LogP contribution in [0.25, 0.3) is 0 Å². The summed E-state index contributed by atoms with van der Waals surface area (Å²) in [5, 5.41) is 0. The molecule has 0 saturated carbocycles. The van der Waals surface area contributed by atoms with E-state index in [4.69, 9.17) is 0 Å². The van der Waals surface area contributed by atoms with Crippen LogP contribution in [0.2, 0.25) is 0 Å². The molecular weight excluding hydrogens is 262 g/mol. The maximum atomic E-state index is 12.3. The van der Waals surface area contributed by atoms with Gasteiger partial charge in [-0.25, -0.2) is 8.42 Å². The van der Waals surface area contributed by atoms with E-state index in [1.807, 2.05) is 37.3 Å². The van der Waals surface area contributed by atoms with Crippen molar-refractivity contribution in [2.45, 2.75) is 32.2 Å². The summed E-state index contributed by atoms with van der Waals surface area (Å²) in [6, 6.07) is 9.06. The molecule has 0 N–H and O–H groups in total. The van der Waals surface area contributed by atoms with Crippen LogP contribution >= 0.6 is 0 Å². The molecule has 0 spiro atoms. The van der Waals surface area contributed by atoms with Gasteiger partial charge in [-0.05, 0) is 12.0 Å². The lowest BCUT2D eigenvalue weighted by Crippen LogP contribution is -2.33. The third kappa shape index (κ3) is 3.22. The Hall–Kier alpha value is -1.20. The molecular formula is C14H19NO3S. The summed E-state index contributed by atoms with van der Waals surface area (Å²) < 4.78 is 26.0. The zero-order valence-electron chi connectivity index (χ0n) is 11.1. The molecule has 0 radical (unpaired) electrons. The Morgan fingerprint density at radius 3 is 2.58 bits per heavy atom. The normalized spacial score (nSPS) is 20.9. The first kappa shape index (κ1) is 14.2. The summed E-state index contributed by atoms with van der Waals surface area (Å²) in [7, 11) is -3.34. The number of Topliss-reactive ketones (excluding diaryl/α,β-unsaturated/α-hetero) is 1. The summed E-state index contributed by atoms with van der Waals surface area (Å²) in [5.41, 5.74) is 0.897. The molecule has 1 fully saturated rings. The number of carbonyl (C=O) groups excluding carboxylic acids is 1. The van der Waals surface area contributed by atoms with Crippen LogP contribution in [0, 0.1) is 0 Å². The molecule has 5 heteroatoms. The predicted octanol–water partition coefficient (Wildman–Crippen LogP) is 2.13. The van der Waals surface area contributed by atoms with E-state index in [2.05, 4.69) is 0 Å². The molecule has 1 aliphatic heterocycles. The molecule has 1 unspecified atom stereocenters. The Morgan fingerprint density at radius 2 is 1.95 bits per heavy atom. The van der Waals surface area contributed by atoms with Crippen LogP contribution in [-0.2, 0) is 14.8 Å². The van der Waals surface area contributed by atoms with E-state index in [1.54, 1.807) is 0 Å². The quantitative estimate of drug-likeness (QED) is 0.831. The van der Waals surface area contributed by atoms with Gasteiger partial charge in [0, 0.05) is 6.42 Å². The van der Waals surface area contributed by atoms with Crippen LogP contribution < -0.4 is 0 Å². The number of ketones is 1. The van der Waals surface area contributed by atoms with Crippen molar-refractivity contribution in [2.24, 2.45) is 0 Å². The van der Waals surface area contributed by atoms with Crippen molar-refractivity contribution in [3.63, 3.8) is 0 Å². The first-order valence-electron chi connectivity index (χ1n) is 6.60. The molecule has 1 heterocycles.